The molecule has 5 nitrogen and oxygen atoms in total. The molecule has 0 radical (unpaired) electrons. The van der Waals surface area contributed by atoms with Crippen molar-refractivity contribution < 1.29 is 4.79 Å². The normalized spacial score (nSPS) is 11.3. The van der Waals surface area contributed by atoms with Gasteiger partial charge < -0.3 is 15.5 Å². The van der Waals surface area contributed by atoms with Gasteiger partial charge in [-0.3, -0.25) is 4.79 Å². The summed E-state index contributed by atoms with van der Waals surface area (Å²) in [5.74, 6) is 0.876. The number of carbonyl (C=O) groups excluding carboxylic acids is 1. The van der Waals surface area contributed by atoms with Gasteiger partial charge in [0.15, 0.2) is 0 Å². The van der Waals surface area contributed by atoms with Crippen molar-refractivity contribution in [2.75, 3.05) is 25.0 Å². The van der Waals surface area contributed by atoms with Gasteiger partial charge in [-0.1, -0.05) is 13.0 Å². The number of nitrogens with zero attached hydrogens (tertiary/aromatic N) is 2. The Morgan fingerprint density at radius 2 is 2.10 bits per heavy atom. The Balaban J connectivity index is 2.70. The maximum atomic E-state index is 11.8. The SMILES string of the molecule is CCCNC(=O)CN(C)c1ncccc1CNC(C)(C)C. The molecule has 0 spiro atoms. The van der Waals surface area contributed by atoms with E-state index in [1.165, 1.54) is 0 Å². The van der Waals surface area contributed by atoms with Crippen molar-refractivity contribution in [2.24, 2.45) is 0 Å². The Labute approximate surface area is 128 Å². The third-order valence-corrected chi connectivity index (χ3v) is 2.99. The average molecular weight is 292 g/mol. The number of anilines is 1. The predicted molar refractivity (Wildman–Crippen MR) is 87.4 cm³/mol. The van der Waals surface area contributed by atoms with Gasteiger partial charge in [0.1, 0.15) is 5.82 Å². The lowest BCUT2D eigenvalue weighted by atomic mass is 10.1. The zero-order chi connectivity index (χ0) is 15.9. The van der Waals surface area contributed by atoms with Crippen molar-refractivity contribution in [3.8, 4) is 0 Å². The highest BCUT2D eigenvalue weighted by atomic mass is 16.2. The molecule has 0 aromatic carbocycles. The molecule has 21 heavy (non-hydrogen) atoms. The Bertz CT molecular complexity index is 454. The Kier molecular flexibility index (Phi) is 6.62. The van der Waals surface area contributed by atoms with Crippen LogP contribution in [0.4, 0.5) is 5.82 Å². The van der Waals surface area contributed by atoms with Crippen molar-refractivity contribution in [1.82, 2.24) is 15.6 Å². The minimum atomic E-state index is 0.0275. The molecule has 1 heterocycles. The predicted octanol–water partition coefficient (Wildman–Crippen LogP) is 1.93. The van der Waals surface area contributed by atoms with Crippen LogP contribution in [0.1, 0.15) is 39.7 Å². The van der Waals surface area contributed by atoms with Gasteiger partial charge in [-0.25, -0.2) is 4.98 Å². The van der Waals surface area contributed by atoms with Crippen LogP contribution in [-0.2, 0) is 11.3 Å². The number of pyridine rings is 1. The summed E-state index contributed by atoms with van der Waals surface area (Å²) in [7, 11) is 1.90. The van der Waals surface area contributed by atoms with Gasteiger partial charge >= 0.3 is 0 Å². The summed E-state index contributed by atoms with van der Waals surface area (Å²) in [6.07, 6.45) is 2.70. The van der Waals surface area contributed by atoms with Crippen molar-refractivity contribution in [3.05, 3.63) is 23.9 Å². The van der Waals surface area contributed by atoms with Crippen LogP contribution in [0.15, 0.2) is 18.3 Å². The number of amides is 1. The molecule has 0 aliphatic carbocycles. The zero-order valence-corrected chi connectivity index (χ0v) is 13.9. The molecule has 0 atom stereocenters. The quantitative estimate of drug-likeness (QED) is 0.806. The number of nitrogens with one attached hydrogen (secondary N) is 2. The maximum absolute atomic E-state index is 11.8. The lowest BCUT2D eigenvalue weighted by Gasteiger charge is -2.24. The molecule has 1 aromatic rings. The molecule has 0 saturated carbocycles. The molecule has 1 rings (SSSR count). The van der Waals surface area contributed by atoms with E-state index in [0.29, 0.717) is 13.1 Å². The summed E-state index contributed by atoms with van der Waals surface area (Å²) in [6, 6.07) is 3.97. The average Bonchev–Trinajstić information content (AvgIpc) is 2.42. The molecule has 2 N–H and O–H groups in total. The van der Waals surface area contributed by atoms with E-state index < -0.39 is 0 Å². The highest BCUT2D eigenvalue weighted by Crippen LogP contribution is 2.16. The topological polar surface area (TPSA) is 57.3 Å². The molecule has 0 unspecified atom stereocenters. The van der Waals surface area contributed by atoms with Crippen molar-refractivity contribution >= 4 is 11.7 Å². The zero-order valence-electron chi connectivity index (χ0n) is 13.9. The third-order valence-electron chi connectivity index (χ3n) is 2.99. The second-order valence-corrected chi connectivity index (χ2v) is 6.30. The number of hydrogen-bond acceptors (Lipinski definition) is 4. The summed E-state index contributed by atoms with van der Waals surface area (Å²) in [5.41, 5.74) is 1.14. The maximum Gasteiger partial charge on any atom is 0.239 e. The van der Waals surface area contributed by atoms with Gasteiger partial charge in [0.2, 0.25) is 5.91 Å². The first-order valence-electron chi connectivity index (χ1n) is 7.50. The van der Waals surface area contributed by atoms with Crippen LogP contribution in [0, 0.1) is 0 Å². The monoisotopic (exact) mass is 292 g/mol. The molecule has 0 fully saturated rings. The van der Waals surface area contributed by atoms with Crippen molar-refractivity contribution in [1.29, 1.82) is 0 Å². The molecular formula is C16H28N4O. The number of rotatable bonds is 7. The summed E-state index contributed by atoms with van der Waals surface area (Å²) in [5, 5.41) is 6.34. The van der Waals surface area contributed by atoms with E-state index in [9.17, 15) is 4.79 Å². The number of hydrogen-bond donors (Lipinski definition) is 2. The van der Waals surface area contributed by atoms with Gasteiger partial charge in [0, 0.05) is 37.4 Å². The van der Waals surface area contributed by atoms with Crippen LogP contribution in [0.5, 0.6) is 0 Å². The molecule has 1 amide bonds. The third kappa shape index (κ3) is 6.58. The summed E-state index contributed by atoms with van der Waals surface area (Å²) in [6.45, 7) is 10.2. The molecule has 0 aliphatic heterocycles. The number of carbonyl (C=O) groups is 1. The lowest BCUT2D eigenvalue weighted by Crippen LogP contribution is -2.38. The first-order chi connectivity index (χ1) is 9.83. The van der Waals surface area contributed by atoms with E-state index in [0.717, 1.165) is 24.3 Å². The smallest absolute Gasteiger partial charge is 0.239 e. The van der Waals surface area contributed by atoms with E-state index >= 15 is 0 Å². The first-order valence-corrected chi connectivity index (χ1v) is 7.50. The van der Waals surface area contributed by atoms with Gasteiger partial charge in [-0.15, -0.1) is 0 Å². The highest BCUT2D eigenvalue weighted by molar-refractivity contribution is 5.81. The minimum Gasteiger partial charge on any atom is -0.355 e. The molecule has 1 aromatic heterocycles. The van der Waals surface area contributed by atoms with Gasteiger partial charge in [0.25, 0.3) is 0 Å². The standard InChI is InChI=1S/C16H28N4O/c1-6-9-17-14(21)12-20(5)15-13(8-7-10-18-15)11-19-16(2,3)4/h7-8,10,19H,6,9,11-12H2,1-5H3,(H,17,21). The fourth-order valence-corrected chi connectivity index (χ4v) is 1.88. The van der Waals surface area contributed by atoms with E-state index in [1.54, 1.807) is 6.20 Å². The Morgan fingerprint density at radius 1 is 1.38 bits per heavy atom. The van der Waals surface area contributed by atoms with E-state index in [-0.39, 0.29) is 11.4 Å². The molecule has 0 bridgehead atoms. The minimum absolute atomic E-state index is 0.0275. The first kappa shape index (κ1) is 17.4. The number of likely N-dealkylation sites (N-methyl/N-ethyl adjacent to an activating group) is 1. The van der Waals surface area contributed by atoms with Crippen LogP contribution >= 0.6 is 0 Å². The molecule has 118 valence electrons. The van der Waals surface area contributed by atoms with Crippen LogP contribution in [0.25, 0.3) is 0 Å². The fraction of sp³-hybridized carbons (Fsp3) is 0.625. The largest absolute Gasteiger partial charge is 0.355 e. The van der Waals surface area contributed by atoms with Gasteiger partial charge in [-0.2, -0.15) is 0 Å². The summed E-state index contributed by atoms with van der Waals surface area (Å²) < 4.78 is 0. The van der Waals surface area contributed by atoms with Gasteiger partial charge in [-0.05, 0) is 33.3 Å². The van der Waals surface area contributed by atoms with E-state index in [2.05, 4.69) is 36.4 Å². The van der Waals surface area contributed by atoms with E-state index in [4.69, 9.17) is 0 Å². The molecule has 0 aliphatic rings. The van der Waals surface area contributed by atoms with Crippen LogP contribution in [-0.4, -0.2) is 36.6 Å². The van der Waals surface area contributed by atoms with Crippen LogP contribution < -0.4 is 15.5 Å². The second-order valence-electron chi connectivity index (χ2n) is 6.30. The second kappa shape index (κ2) is 7.98. The van der Waals surface area contributed by atoms with Crippen LogP contribution in [0.2, 0.25) is 0 Å². The Hall–Kier alpha value is -1.62. The van der Waals surface area contributed by atoms with Crippen molar-refractivity contribution in [3.63, 3.8) is 0 Å². The molecule has 5 heteroatoms. The van der Waals surface area contributed by atoms with Crippen molar-refractivity contribution in [2.45, 2.75) is 46.2 Å². The summed E-state index contributed by atoms with van der Waals surface area (Å²) >= 11 is 0. The molecular weight excluding hydrogens is 264 g/mol. The fourth-order valence-electron chi connectivity index (χ4n) is 1.88. The number of aromatic nitrogens is 1. The summed E-state index contributed by atoms with van der Waals surface area (Å²) in [4.78, 5) is 18.1. The van der Waals surface area contributed by atoms with Gasteiger partial charge in [0.05, 0.1) is 6.54 Å². The van der Waals surface area contributed by atoms with E-state index in [1.807, 2.05) is 31.0 Å². The van der Waals surface area contributed by atoms with Crippen LogP contribution in [0.3, 0.4) is 0 Å². The molecule has 0 saturated heterocycles. The lowest BCUT2D eigenvalue weighted by molar-refractivity contribution is -0.119. The Morgan fingerprint density at radius 3 is 2.71 bits per heavy atom. The highest BCUT2D eigenvalue weighted by Gasteiger charge is 2.14.